The van der Waals surface area contributed by atoms with E-state index in [1.165, 1.54) is 11.8 Å². The van der Waals surface area contributed by atoms with Gasteiger partial charge in [-0.05, 0) is 43.4 Å². The van der Waals surface area contributed by atoms with Crippen LogP contribution in [0.5, 0.6) is 0 Å². The van der Waals surface area contributed by atoms with Crippen molar-refractivity contribution in [2.24, 2.45) is 0 Å². The SMILES string of the molecule is CCN1C(=O)C(=C(C)C=C2Sc3ccc4ccccc4c3N2CCCS(=O)(=O)O)SC1=S. The highest BCUT2D eigenvalue weighted by Crippen LogP contribution is 2.50. The first-order valence-corrected chi connectivity index (χ1v) is 13.7. The minimum atomic E-state index is -4.04. The lowest BCUT2D eigenvalue weighted by Gasteiger charge is -2.22. The van der Waals surface area contributed by atoms with Crippen molar-refractivity contribution in [3.63, 3.8) is 0 Å². The molecule has 2 aliphatic rings. The van der Waals surface area contributed by atoms with Crippen LogP contribution in [0.2, 0.25) is 0 Å². The highest BCUT2D eigenvalue weighted by atomic mass is 32.2. The fourth-order valence-electron chi connectivity index (χ4n) is 3.77. The molecule has 10 heteroatoms. The van der Waals surface area contributed by atoms with Crippen molar-refractivity contribution in [2.75, 3.05) is 23.7 Å². The minimum absolute atomic E-state index is 0.0827. The zero-order valence-electron chi connectivity index (χ0n) is 17.6. The number of thiocarbonyl (C=S) groups is 1. The summed E-state index contributed by atoms with van der Waals surface area (Å²) in [5.74, 6) is -0.392. The Morgan fingerprint density at radius 1 is 1.16 bits per heavy atom. The molecule has 1 N–H and O–H groups in total. The first-order valence-electron chi connectivity index (χ1n) is 10.1. The summed E-state index contributed by atoms with van der Waals surface area (Å²) in [6.07, 6.45) is 2.24. The number of nitrogens with zero attached hydrogens (tertiary/aromatic N) is 2. The molecule has 0 unspecified atom stereocenters. The fourth-order valence-corrected chi connectivity index (χ4v) is 6.85. The number of hydrogen-bond donors (Lipinski definition) is 1. The Balaban J connectivity index is 1.75. The number of amides is 1. The van der Waals surface area contributed by atoms with E-state index in [0.29, 0.717) is 22.3 Å². The van der Waals surface area contributed by atoms with Crippen LogP contribution in [0.25, 0.3) is 10.8 Å². The van der Waals surface area contributed by atoms with Crippen LogP contribution in [0.1, 0.15) is 20.3 Å². The number of rotatable bonds is 6. The fraction of sp³-hybridized carbons (Fsp3) is 0.273. The second-order valence-electron chi connectivity index (χ2n) is 7.44. The third-order valence-electron chi connectivity index (χ3n) is 5.26. The first kappa shape index (κ1) is 23.3. The largest absolute Gasteiger partial charge is 0.334 e. The van der Waals surface area contributed by atoms with Gasteiger partial charge in [0.15, 0.2) is 0 Å². The maximum absolute atomic E-state index is 12.7. The van der Waals surface area contributed by atoms with E-state index in [2.05, 4.69) is 17.0 Å². The van der Waals surface area contributed by atoms with Crippen LogP contribution in [0.15, 0.2) is 62.9 Å². The molecule has 2 aromatic rings. The van der Waals surface area contributed by atoms with E-state index in [1.54, 1.807) is 16.7 Å². The summed E-state index contributed by atoms with van der Waals surface area (Å²) in [6.45, 7) is 4.74. The van der Waals surface area contributed by atoms with Crippen LogP contribution in [-0.4, -0.2) is 46.9 Å². The highest BCUT2D eigenvalue weighted by Gasteiger charge is 2.33. The van der Waals surface area contributed by atoms with Crippen molar-refractivity contribution in [1.82, 2.24) is 4.90 Å². The molecule has 0 spiro atoms. The zero-order valence-corrected chi connectivity index (χ0v) is 20.8. The van der Waals surface area contributed by atoms with Gasteiger partial charge in [-0.25, -0.2) is 0 Å². The van der Waals surface area contributed by atoms with Crippen LogP contribution in [0.3, 0.4) is 0 Å². The molecule has 2 aliphatic heterocycles. The van der Waals surface area contributed by atoms with Crippen molar-refractivity contribution < 1.29 is 17.8 Å². The molecule has 168 valence electrons. The van der Waals surface area contributed by atoms with Gasteiger partial charge in [0.2, 0.25) is 0 Å². The predicted molar refractivity (Wildman–Crippen MR) is 137 cm³/mol. The maximum Gasteiger partial charge on any atom is 0.266 e. The molecule has 1 fully saturated rings. The highest BCUT2D eigenvalue weighted by molar-refractivity contribution is 8.26. The van der Waals surface area contributed by atoms with Crippen LogP contribution in [-0.2, 0) is 14.9 Å². The molecule has 0 aliphatic carbocycles. The smallest absolute Gasteiger partial charge is 0.266 e. The third kappa shape index (κ3) is 4.60. The van der Waals surface area contributed by atoms with Gasteiger partial charge in [-0.15, -0.1) is 0 Å². The van der Waals surface area contributed by atoms with Gasteiger partial charge in [0.05, 0.1) is 21.4 Å². The molecule has 2 aromatic carbocycles. The number of carbonyl (C=O) groups is 1. The van der Waals surface area contributed by atoms with E-state index in [-0.39, 0.29) is 18.1 Å². The van der Waals surface area contributed by atoms with Gasteiger partial charge in [0.1, 0.15) is 4.32 Å². The number of fused-ring (bicyclic) bond motifs is 3. The molecule has 0 aromatic heterocycles. The van der Waals surface area contributed by atoms with Gasteiger partial charge in [-0.3, -0.25) is 14.2 Å². The Morgan fingerprint density at radius 2 is 1.91 bits per heavy atom. The molecule has 6 nitrogen and oxygen atoms in total. The Morgan fingerprint density at radius 3 is 2.59 bits per heavy atom. The van der Waals surface area contributed by atoms with E-state index < -0.39 is 10.1 Å². The van der Waals surface area contributed by atoms with E-state index in [1.807, 2.05) is 44.2 Å². The minimum Gasteiger partial charge on any atom is -0.334 e. The van der Waals surface area contributed by atoms with Crippen molar-refractivity contribution in [1.29, 1.82) is 0 Å². The predicted octanol–water partition coefficient (Wildman–Crippen LogP) is 5.03. The van der Waals surface area contributed by atoms with Gasteiger partial charge < -0.3 is 4.90 Å². The summed E-state index contributed by atoms with van der Waals surface area (Å²) in [6, 6.07) is 12.2. The Kier molecular flexibility index (Phi) is 6.69. The normalized spacial score (nSPS) is 19.4. The zero-order chi connectivity index (χ0) is 23.0. The molecule has 4 rings (SSSR count). The number of allylic oxidation sites excluding steroid dienone is 2. The monoisotopic (exact) mass is 506 g/mol. The first-order chi connectivity index (χ1) is 15.2. The number of likely N-dealkylation sites (N-methyl/N-ethyl adjacent to an activating group) is 1. The van der Waals surface area contributed by atoms with Crippen molar-refractivity contribution in [3.05, 3.63) is 58.0 Å². The summed E-state index contributed by atoms with van der Waals surface area (Å²) in [5.41, 5.74) is 1.83. The molecule has 2 heterocycles. The molecule has 0 bridgehead atoms. The summed E-state index contributed by atoms with van der Waals surface area (Å²) in [4.78, 5) is 18.1. The third-order valence-corrected chi connectivity index (χ3v) is 8.73. The molecular formula is C22H22N2O4S4. The quantitative estimate of drug-likeness (QED) is 0.332. The van der Waals surface area contributed by atoms with Crippen LogP contribution in [0, 0.1) is 0 Å². The second-order valence-corrected chi connectivity index (χ2v) is 11.7. The molecule has 0 atom stereocenters. The average Bonchev–Trinajstić information content (AvgIpc) is 3.23. The van der Waals surface area contributed by atoms with Gasteiger partial charge in [-0.2, -0.15) is 8.42 Å². The van der Waals surface area contributed by atoms with Crippen molar-refractivity contribution in [3.8, 4) is 0 Å². The Bertz CT molecular complexity index is 1280. The van der Waals surface area contributed by atoms with Gasteiger partial charge in [-0.1, -0.05) is 66.1 Å². The van der Waals surface area contributed by atoms with E-state index in [9.17, 15) is 17.8 Å². The van der Waals surface area contributed by atoms with E-state index in [4.69, 9.17) is 12.2 Å². The number of hydrogen-bond acceptors (Lipinski definition) is 7. The lowest BCUT2D eigenvalue weighted by molar-refractivity contribution is -0.122. The molecule has 0 saturated carbocycles. The summed E-state index contributed by atoms with van der Waals surface area (Å²) in [7, 11) is -4.04. The van der Waals surface area contributed by atoms with Gasteiger partial charge in [0, 0.05) is 23.4 Å². The molecule has 0 radical (unpaired) electrons. The number of thioether (sulfide) groups is 2. The Hall–Kier alpha value is -1.85. The van der Waals surface area contributed by atoms with Crippen LogP contribution < -0.4 is 4.90 Å². The molecule has 1 saturated heterocycles. The molecular weight excluding hydrogens is 485 g/mol. The van der Waals surface area contributed by atoms with E-state index in [0.717, 1.165) is 32.0 Å². The van der Waals surface area contributed by atoms with Crippen LogP contribution >= 0.6 is 35.7 Å². The number of carbonyl (C=O) groups excluding carboxylic acids is 1. The maximum atomic E-state index is 12.7. The van der Waals surface area contributed by atoms with Gasteiger partial charge in [0.25, 0.3) is 16.0 Å². The second kappa shape index (κ2) is 9.18. The summed E-state index contributed by atoms with van der Waals surface area (Å²) in [5, 5.41) is 3.07. The lowest BCUT2D eigenvalue weighted by Crippen LogP contribution is -2.27. The molecule has 1 amide bonds. The van der Waals surface area contributed by atoms with Crippen molar-refractivity contribution >= 4 is 72.5 Å². The summed E-state index contributed by atoms with van der Waals surface area (Å²) >= 11 is 8.23. The molecule has 32 heavy (non-hydrogen) atoms. The van der Waals surface area contributed by atoms with Gasteiger partial charge >= 0.3 is 0 Å². The summed E-state index contributed by atoms with van der Waals surface area (Å²) < 4.78 is 32.3. The van der Waals surface area contributed by atoms with Crippen molar-refractivity contribution in [2.45, 2.75) is 25.2 Å². The topological polar surface area (TPSA) is 77.9 Å². The number of benzene rings is 2. The lowest BCUT2D eigenvalue weighted by atomic mass is 10.1. The van der Waals surface area contributed by atoms with Crippen LogP contribution in [0.4, 0.5) is 5.69 Å². The Labute approximate surface area is 201 Å². The average molecular weight is 507 g/mol. The standard InChI is InChI=1S/C22H22N2O4S4/c1-3-23-21(25)20(31-22(23)29)14(2)13-18-24(11-6-12-32(26,27)28)19-16-8-5-4-7-15(16)9-10-17(19)30-18/h4-5,7-10,13H,3,6,11-12H2,1-2H3,(H,26,27,28). The number of anilines is 1. The van der Waals surface area contributed by atoms with E-state index >= 15 is 0 Å².